The maximum atomic E-state index is 12.6. The zero-order chi connectivity index (χ0) is 18.8. The molecule has 0 bridgehead atoms. The van der Waals surface area contributed by atoms with E-state index in [9.17, 15) is 9.59 Å². The van der Waals surface area contributed by atoms with Gasteiger partial charge >= 0.3 is 0 Å². The monoisotopic (exact) mass is 419 g/mol. The summed E-state index contributed by atoms with van der Waals surface area (Å²) in [5.74, 6) is 0.802. The maximum absolute atomic E-state index is 12.6. The van der Waals surface area contributed by atoms with Crippen LogP contribution in [0.1, 0.15) is 32.6 Å². The number of aromatic amines is 1. The van der Waals surface area contributed by atoms with Gasteiger partial charge in [-0.3, -0.25) is 9.59 Å². The van der Waals surface area contributed by atoms with Crippen LogP contribution in [0.15, 0.2) is 32.8 Å². The molecule has 2 atom stereocenters. The van der Waals surface area contributed by atoms with Gasteiger partial charge in [0.1, 0.15) is 4.83 Å². The van der Waals surface area contributed by atoms with E-state index in [1.165, 1.54) is 42.4 Å². The molecule has 3 aromatic heterocycles. The second-order valence-corrected chi connectivity index (χ2v) is 9.67. The van der Waals surface area contributed by atoms with Gasteiger partial charge in [0, 0.05) is 21.9 Å². The number of fused-ring (bicyclic) bond motifs is 1. The van der Waals surface area contributed by atoms with Gasteiger partial charge in [-0.25, -0.2) is 4.98 Å². The summed E-state index contributed by atoms with van der Waals surface area (Å²) >= 11 is 4.36. The molecular formula is C19H21N3O2S3. The average molecular weight is 420 g/mol. The number of hydrogen-bond donors (Lipinski definition) is 2. The van der Waals surface area contributed by atoms with Crippen molar-refractivity contribution in [2.24, 2.45) is 5.92 Å². The number of thiophene rings is 2. The molecule has 1 saturated carbocycles. The van der Waals surface area contributed by atoms with E-state index in [0.717, 1.165) is 16.9 Å². The third-order valence-corrected chi connectivity index (χ3v) is 7.66. The molecule has 0 unspecified atom stereocenters. The van der Waals surface area contributed by atoms with Crippen LogP contribution in [0, 0.1) is 5.92 Å². The van der Waals surface area contributed by atoms with E-state index in [0.29, 0.717) is 21.3 Å². The molecular weight excluding hydrogens is 398 g/mol. The fraction of sp³-hybridized carbons (Fsp3) is 0.421. The smallest absolute Gasteiger partial charge is 0.260 e. The zero-order valence-corrected chi connectivity index (χ0v) is 17.4. The van der Waals surface area contributed by atoms with Crippen LogP contribution < -0.4 is 10.9 Å². The quantitative estimate of drug-likeness (QED) is 0.472. The van der Waals surface area contributed by atoms with Crippen LogP contribution >= 0.6 is 34.4 Å². The maximum Gasteiger partial charge on any atom is 0.260 e. The molecule has 2 N–H and O–H groups in total. The van der Waals surface area contributed by atoms with Crippen molar-refractivity contribution in [1.82, 2.24) is 15.3 Å². The van der Waals surface area contributed by atoms with E-state index in [1.807, 2.05) is 22.9 Å². The number of hydrogen-bond acceptors (Lipinski definition) is 6. The summed E-state index contributed by atoms with van der Waals surface area (Å²) in [6.07, 6.45) is 4.66. The van der Waals surface area contributed by atoms with Crippen molar-refractivity contribution < 1.29 is 4.79 Å². The first kappa shape index (κ1) is 18.7. The number of carbonyl (C=O) groups is 1. The number of carbonyl (C=O) groups excluding carboxylic acids is 1. The predicted molar refractivity (Wildman–Crippen MR) is 114 cm³/mol. The molecule has 8 heteroatoms. The van der Waals surface area contributed by atoms with Gasteiger partial charge in [-0.2, -0.15) is 0 Å². The molecule has 5 nitrogen and oxygen atoms in total. The Kier molecular flexibility index (Phi) is 5.66. The topological polar surface area (TPSA) is 74.8 Å². The molecule has 4 rings (SSSR count). The van der Waals surface area contributed by atoms with Crippen LogP contribution in [0.4, 0.5) is 0 Å². The molecule has 1 fully saturated rings. The number of nitrogens with one attached hydrogen (secondary N) is 2. The summed E-state index contributed by atoms with van der Waals surface area (Å²) in [4.78, 5) is 34.0. The van der Waals surface area contributed by atoms with Gasteiger partial charge in [0.2, 0.25) is 5.91 Å². The molecule has 142 valence electrons. The lowest BCUT2D eigenvalue weighted by atomic mass is 9.86. The van der Waals surface area contributed by atoms with Crippen LogP contribution in [0.3, 0.4) is 0 Å². The van der Waals surface area contributed by atoms with Crippen molar-refractivity contribution in [3.05, 3.63) is 33.2 Å². The Bertz CT molecular complexity index is 993. The number of rotatable bonds is 5. The van der Waals surface area contributed by atoms with Crippen LogP contribution in [-0.2, 0) is 4.79 Å². The minimum absolute atomic E-state index is 0.00644. The van der Waals surface area contributed by atoms with Crippen molar-refractivity contribution in [1.29, 1.82) is 0 Å². The second kappa shape index (κ2) is 8.16. The van der Waals surface area contributed by atoms with Crippen LogP contribution in [0.25, 0.3) is 20.7 Å². The molecule has 0 aliphatic heterocycles. The number of aromatic nitrogens is 2. The first-order valence-electron chi connectivity index (χ1n) is 9.09. The van der Waals surface area contributed by atoms with Gasteiger partial charge in [0.05, 0.1) is 11.1 Å². The molecule has 0 radical (unpaired) electrons. The number of thioether (sulfide) groups is 1. The van der Waals surface area contributed by atoms with Gasteiger partial charge < -0.3 is 10.3 Å². The Morgan fingerprint density at radius 2 is 2.22 bits per heavy atom. The Labute approximate surface area is 169 Å². The summed E-state index contributed by atoms with van der Waals surface area (Å²) in [7, 11) is 0. The Morgan fingerprint density at radius 3 is 3.00 bits per heavy atom. The first-order chi connectivity index (χ1) is 13.1. The molecule has 0 spiro atoms. The molecule has 3 heterocycles. The second-order valence-electron chi connectivity index (χ2n) is 6.90. The van der Waals surface area contributed by atoms with E-state index in [1.54, 1.807) is 11.3 Å². The fourth-order valence-electron chi connectivity index (χ4n) is 3.52. The van der Waals surface area contributed by atoms with Crippen LogP contribution in [0.5, 0.6) is 0 Å². The SMILES string of the molecule is C[C@H]1CCCC[C@H]1NC(=O)CSc1nc2scc(-c3cccs3)c2c(=O)[nH]1. The lowest BCUT2D eigenvalue weighted by molar-refractivity contribution is -0.119. The molecule has 27 heavy (non-hydrogen) atoms. The van der Waals surface area contributed by atoms with Crippen LogP contribution in [-0.4, -0.2) is 27.7 Å². The normalized spacial score (nSPS) is 20.0. The van der Waals surface area contributed by atoms with Gasteiger partial charge in [-0.1, -0.05) is 37.6 Å². The summed E-state index contributed by atoms with van der Waals surface area (Å²) in [5, 5.41) is 8.24. The zero-order valence-electron chi connectivity index (χ0n) is 15.0. The Morgan fingerprint density at radius 1 is 1.37 bits per heavy atom. The van der Waals surface area contributed by atoms with Crippen LogP contribution in [0.2, 0.25) is 0 Å². The number of nitrogens with zero attached hydrogens (tertiary/aromatic N) is 1. The summed E-state index contributed by atoms with van der Waals surface area (Å²) in [6.45, 7) is 2.20. The highest BCUT2D eigenvalue weighted by Crippen LogP contribution is 2.34. The van der Waals surface area contributed by atoms with Gasteiger partial charge in [0.15, 0.2) is 5.16 Å². The van der Waals surface area contributed by atoms with Gasteiger partial charge in [-0.05, 0) is 30.2 Å². The summed E-state index contributed by atoms with van der Waals surface area (Å²) < 4.78 is 0. The van der Waals surface area contributed by atoms with Crippen molar-refractivity contribution in [3.8, 4) is 10.4 Å². The largest absolute Gasteiger partial charge is 0.352 e. The highest BCUT2D eigenvalue weighted by atomic mass is 32.2. The Hall–Kier alpha value is -1.64. The molecule has 1 amide bonds. The number of H-pyrrole nitrogens is 1. The number of amides is 1. The Balaban J connectivity index is 1.45. The van der Waals surface area contributed by atoms with E-state index >= 15 is 0 Å². The highest BCUT2D eigenvalue weighted by molar-refractivity contribution is 7.99. The van der Waals surface area contributed by atoms with Crippen molar-refractivity contribution in [3.63, 3.8) is 0 Å². The predicted octanol–water partition coefficient (Wildman–Crippen LogP) is 4.50. The minimum atomic E-state index is -0.145. The third kappa shape index (κ3) is 4.12. The molecule has 0 saturated heterocycles. The molecule has 1 aliphatic rings. The van der Waals surface area contributed by atoms with E-state index in [2.05, 4.69) is 22.2 Å². The first-order valence-corrected chi connectivity index (χ1v) is 11.8. The van der Waals surface area contributed by atoms with Crippen molar-refractivity contribution >= 4 is 50.6 Å². The van der Waals surface area contributed by atoms with Gasteiger partial charge in [0.25, 0.3) is 5.56 Å². The standard InChI is InChI=1S/C19H21N3O2S3/c1-11-5-2-3-6-13(11)20-15(23)10-27-19-21-17(24)16-12(9-26-18(16)22-19)14-7-4-8-25-14/h4,7-9,11,13H,2-3,5-6,10H2,1H3,(H,20,23)(H,21,22,24)/t11-,13+/m0/s1. The van der Waals surface area contributed by atoms with Gasteiger partial charge in [-0.15, -0.1) is 22.7 Å². The molecule has 0 aromatic carbocycles. The van der Waals surface area contributed by atoms with E-state index in [-0.39, 0.29) is 23.3 Å². The lowest BCUT2D eigenvalue weighted by Gasteiger charge is -2.29. The minimum Gasteiger partial charge on any atom is -0.352 e. The molecule has 3 aromatic rings. The average Bonchev–Trinajstić information content (AvgIpc) is 3.31. The van der Waals surface area contributed by atoms with E-state index < -0.39 is 0 Å². The van der Waals surface area contributed by atoms with E-state index in [4.69, 9.17) is 0 Å². The van der Waals surface area contributed by atoms with Crippen molar-refractivity contribution in [2.75, 3.05) is 5.75 Å². The lowest BCUT2D eigenvalue weighted by Crippen LogP contribution is -2.41. The fourth-order valence-corrected chi connectivity index (χ4v) is 6.02. The summed E-state index contributed by atoms with van der Waals surface area (Å²) in [6, 6.07) is 4.25. The third-order valence-electron chi connectivity index (χ3n) is 5.01. The highest BCUT2D eigenvalue weighted by Gasteiger charge is 2.23. The van der Waals surface area contributed by atoms with Crippen molar-refractivity contribution in [2.45, 2.75) is 43.8 Å². The summed E-state index contributed by atoms with van der Waals surface area (Å²) in [5.41, 5.74) is 0.785. The molecule has 1 aliphatic carbocycles.